The highest BCUT2D eigenvalue weighted by molar-refractivity contribution is 6.16. The first kappa shape index (κ1) is 27.8. The number of fused-ring (bicyclic) bond motifs is 7. The summed E-state index contributed by atoms with van der Waals surface area (Å²) in [6.45, 7) is 2.26. The normalized spacial score (nSPS) is 16.5. The Bertz CT molecular complexity index is 2800. The molecule has 1 aliphatic heterocycles. The van der Waals surface area contributed by atoms with Crippen molar-refractivity contribution in [1.82, 2.24) is 4.40 Å². The minimum absolute atomic E-state index is 0.0635. The van der Waals surface area contributed by atoms with E-state index >= 15 is 0 Å². The predicted octanol–water partition coefficient (Wildman–Crippen LogP) is 11.4. The standard InChI is InChI=1S/C45H31N3O/c1-28-42(32-22-20-31(21-23-32)41-37-14-6-7-15-38(37)48-39-16-8-9-17-40(39)49-45(41)48)46-44(36-25-19-30-11-3-5-13-34(30)27-36)47-43(28)35-24-18-29-10-2-4-12-33(29)26-35/h2-28,43H,1H3/t28-,43?/m1/s1. The molecule has 232 valence electrons. The van der Waals surface area contributed by atoms with Crippen LogP contribution >= 0.6 is 0 Å². The molecule has 1 aliphatic rings. The first-order valence-corrected chi connectivity index (χ1v) is 16.9. The second-order valence-corrected chi connectivity index (χ2v) is 13.0. The monoisotopic (exact) mass is 629 g/mol. The van der Waals surface area contributed by atoms with Crippen molar-refractivity contribution >= 4 is 60.8 Å². The molecule has 9 aromatic rings. The van der Waals surface area contributed by atoms with Crippen molar-refractivity contribution in [3.63, 3.8) is 0 Å². The van der Waals surface area contributed by atoms with Gasteiger partial charge >= 0.3 is 0 Å². The summed E-state index contributed by atoms with van der Waals surface area (Å²) in [7, 11) is 0. The van der Waals surface area contributed by atoms with Crippen LogP contribution in [0.25, 0.3) is 60.4 Å². The van der Waals surface area contributed by atoms with Crippen molar-refractivity contribution in [1.29, 1.82) is 0 Å². The Morgan fingerprint density at radius 2 is 1.16 bits per heavy atom. The van der Waals surface area contributed by atoms with Gasteiger partial charge in [-0.2, -0.15) is 0 Å². The van der Waals surface area contributed by atoms with Crippen molar-refractivity contribution in [2.45, 2.75) is 13.0 Å². The SMILES string of the molecule is C[C@@H]1C(c2ccc(-c3c4ccccc4n4c3oc3ccccc34)cc2)=NC(c2ccc3ccccc3c2)=NC1c1ccc2ccccc2c1. The zero-order valence-corrected chi connectivity index (χ0v) is 26.9. The Hall–Kier alpha value is -6.26. The molecule has 1 unspecified atom stereocenters. The Balaban J connectivity index is 1.11. The number of aromatic nitrogens is 1. The van der Waals surface area contributed by atoms with Gasteiger partial charge in [0.2, 0.25) is 5.71 Å². The third-order valence-electron chi connectivity index (χ3n) is 10.1. The van der Waals surface area contributed by atoms with Gasteiger partial charge in [0.15, 0.2) is 11.4 Å². The lowest BCUT2D eigenvalue weighted by Gasteiger charge is -2.28. The molecular formula is C45H31N3O. The predicted molar refractivity (Wildman–Crippen MR) is 203 cm³/mol. The molecule has 0 amide bonds. The van der Waals surface area contributed by atoms with Crippen LogP contribution in [0.2, 0.25) is 0 Å². The highest BCUT2D eigenvalue weighted by atomic mass is 16.3. The summed E-state index contributed by atoms with van der Waals surface area (Å²) in [6.07, 6.45) is 0. The molecule has 4 nitrogen and oxygen atoms in total. The van der Waals surface area contributed by atoms with Crippen LogP contribution in [0, 0.1) is 5.92 Å². The molecule has 0 fully saturated rings. The molecule has 0 radical (unpaired) electrons. The molecule has 10 rings (SSSR count). The summed E-state index contributed by atoms with van der Waals surface area (Å²) in [5, 5.41) is 6.01. The maximum absolute atomic E-state index is 6.50. The third kappa shape index (κ3) is 4.45. The van der Waals surface area contributed by atoms with Gasteiger partial charge in [0, 0.05) is 16.9 Å². The van der Waals surface area contributed by atoms with Gasteiger partial charge in [0.1, 0.15) is 0 Å². The van der Waals surface area contributed by atoms with Gasteiger partial charge in [0.25, 0.3) is 0 Å². The second kappa shape index (κ2) is 10.9. The van der Waals surface area contributed by atoms with E-state index in [1.165, 1.54) is 32.5 Å². The van der Waals surface area contributed by atoms with Crippen LogP contribution in [0.15, 0.2) is 172 Å². The van der Waals surface area contributed by atoms with Gasteiger partial charge in [0.05, 0.1) is 28.4 Å². The van der Waals surface area contributed by atoms with Crippen molar-refractivity contribution in [3.8, 4) is 11.1 Å². The van der Waals surface area contributed by atoms with E-state index < -0.39 is 0 Å². The van der Waals surface area contributed by atoms with E-state index in [1.54, 1.807) is 0 Å². The molecule has 0 saturated carbocycles. The molecule has 0 spiro atoms. The maximum Gasteiger partial charge on any atom is 0.213 e. The van der Waals surface area contributed by atoms with Crippen molar-refractivity contribution in [3.05, 3.63) is 174 Å². The molecule has 0 aliphatic carbocycles. The van der Waals surface area contributed by atoms with E-state index in [0.717, 1.165) is 56.1 Å². The van der Waals surface area contributed by atoms with E-state index in [1.807, 2.05) is 12.1 Å². The molecule has 0 bridgehead atoms. The Morgan fingerprint density at radius 3 is 1.96 bits per heavy atom. The van der Waals surface area contributed by atoms with E-state index in [0.29, 0.717) is 0 Å². The second-order valence-electron chi connectivity index (χ2n) is 13.0. The van der Waals surface area contributed by atoms with Crippen molar-refractivity contribution < 1.29 is 4.42 Å². The van der Waals surface area contributed by atoms with Gasteiger partial charge < -0.3 is 4.42 Å². The van der Waals surface area contributed by atoms with E-state index in [9.17, 15) is 0 Å². The average Bonchev–Trinajstić information content (AvgIpc) is 3.69. The van der Waals surface area contributed by atoms with Gasteiger partial charge in [-0.05, 0) is 68.6 Å². The van der Waals surface area contributed by atoms with Gasteiger partial charge in [-0.25, -0.2) is 4.99 Å². The first-order chi connectivity index (χ1) is 24.2. The van der Waals surface area contributed by atoms with Crippen LogP contribution < -0.4 is 0 Å². The number of benzene rings is 7. The molecule has 0 N–H and O–H groups in total. The van der Waals surface area contributed by atoms with Crippen LogP contribution in [-0.4, -0.2) is 15.9 Å². The minimum atomic E-state index is -0.0798. The molecule has 2 atom stereocenters. The number of nitrogens with zero attached hydrogens (tertiary/aromatic N) is 3. The Labute approximate surface area is 283 Å². The fraction of sp³-hybridized carbons (Fsp3) is 0.0667. The number of para-hydroxylation sites is 3. The van der Waals surface area contributed by atoms with Gasteiger partial charge in [-0.3, -0.25) is 9.39 Å². The summed E-state index contributed by atoms with van der Waals surface area (Å²) in [5.41, 5.74) is 10.5. The number of hydrogen-bond acceptors (Lipinski definition) is 3. The fourth-order valence-corrected chi connectivity index (χ4v) is 7.66. The lowest BCUT2D eigenvalue weighted by atomic mass is 9.85. The summed E-state index contributed by atoms with van der Waals surface area (Å²) in [6, 6.07) is 55.8. The van der Waals surface area contributed by atoms with Crippen molar-refractivity contribution in [2.75, 3.05) is 0 Å². The average molecular weight is 630 g/mol. The lowest BCUT2D eigenvalue weighted by molar-refractivity contribution is 0.592. The molecule has 49 heavy (non-hydrogen) atoms. The quantitative estimate of drug-likeness (QED) is 0.191. The van der Waals surface area contributed by atoms with Gasteiger partial charge in [-0.15, -0.1) is 0 Å². The zero-order valence-electron chi connectivity index (χ0n) is 26.9. The van der Waals surface area contributed by atoms with Crippen LogP contribution in [0.3, 0.4) is 0 Å². The summed E-state index contributed by atoms with van der Waals surface area (Å²) < 4.78 is 8.74. The molecule has 0 saturated heterocycles. The van der Waals surface area contributed by atoms with Crippen molar-refractivity contribution in [2.24, 2.45) is 15.9 Å². The number of amidine groups is 1. The van der Waals surface area contributed by atoms with Crippen LogP contribution in [0.4, 0.5) is 0 Å². The molecule has 2 aromatic heterocycles. The van der Waals surface area contributed by atoms with E-state index in [2.05, 4.69) is 157 Å². The van der Waals surface area contributed by atoms with Crippen LogP contribution in [0.1, 0.15) is 29.7 Å². The molecule has 3 heterocycles. The number of oxazole rings is 1. The van der Waals surface area contributed by atoms with Gasteiger partial charge in [-0.1, -0.05) is 134 Å². The number of aliphatic imine (C=N–C) groups is 2. The molecule has 7 aromatic carbocycles. The topological polar surface area (TPSA) is 42.3 Å². The molecular weight excluding hydrogens is 599 g/mol. The summed E-state index contributed by atoms with van der Waals surface area (Å²) in [5.74, 6) is 0.831. The zero-order chi connectivity index (χ0) is 32.5. The summed E-state index contributed by atoms with van der Waals surface area (Å²) in [4.78, 5) is 10.7. The molecule has 4 heteroatoms. The highest BCUT2D eigenvalue weighted by Crippen LogP contribution is 2.40. The minimum Gasteiger partial charge on any atom is -0.438 e. The summed E-state index contributed by atoms with van der Waals surface area (Å²) >= 11 is 0. The van der Waals surface area contributed by atoms with Crippen LogP contribution in [0.5, 0.6) is 0 Å². The Kier molecular flexibility index (Phi) is 6.18. The van der Waals surface area contributed by atoms with E-state index in [-0.39, 0.29) is 12.0 Å². The van der Waals surface area contributed by atoms with E-state index in [4.69, 9.17) is 14.4 Å². The largest absolute Gasteiger partial charge is 0.438 e. The number of hydrogen-bond donors (Lipinski definition) is 0. The van der Waals surface area contributed by atoms with Crippen LogP contribution in [-0.2, 0) is 0 Å². The smallest absolute Gasteiger partial charge is 0.213 e. The first-order valence-electron chi connectivity index (χ1n) is 16.9. The Morgan fingerprint density at radius 1 is 0.551 bits per heavy atom. The number of rotatable bonds is 4. The third-order valence-corrected chi connectivity index (χ3v) is 10.1. The highest BCUT2D eigenvalue weighted by Gasteiger charge is 2.30. The lowest BCUT2D eigenvalue weighted by Crippen LogP contribution is -2.26. The maximum atomic E-state index is 6.50. The fourth-order valence-electron chi connectivity index (χ4n) is 7.66.